The number of carboxylic acids is 1. The number of aromatic carboxylic acids is 1. The first-order chi connectivity index (χ1) is 11.4. The molecule has 0 heterocycles. The molecule has 0 spiro atoms. The average Bonchev–Trinajstić information content (AvgIpc) is 2.55. The quantitative estimate of drug-likeness (QED) is 0.621. The van der Waals surface area contributed by atoms with Gasteiger partial charge in [0, 0.05) is 17.3 Å². The van der Waals surface area contributed by atoms with Crippen LogP contribution in [0.3, 0.4) is 0 Å². The fourth-order valence-electron chi connectivity index (χ4n) is 2.01. The molecule has 0 saturated heterocycles. The summed E-state index contributed by atoms with van der Waals surface area (Å²) >= 11 is 0. The minimum absolute atomic E-state index is 0.0190. The van der Waals surface area contributed by atoms with Gasteiger partial charge in [0.1, 0.15) is 0 Å². The van der Waals surface area contributed by atoms with Gasteiger partial charge < -0.3 is 15.2 Å². The summed E-state index contributed by atoms with van der Waals surface area (Å²) in [6.07, 6.45) is 0. The van der Waals surface area contributed by atoms with E-state index in [0.717, 1.165) is 6.07 Å². The third-order valence-corrected chi connectivity index (χ3v) is 3.09. The molecule has 8 heteroatoms. The van der Waals surface area contributed by atoms with Crippen LogP contribution in [0.5, 0.6) is 5.75 Å². The highest BCUT2D eigenvalue weighted by atomic mass is 16.6. The van der Waals surface area contributed by atoms with Crippen LogP contribution in [0.25, 0.3) is 0 Å². The van der Waals surface area contributed by atoms with Gasteiger partial charge in [-0.25, -0.2) is 4.79 Å². The number of nitro benzene ring substituents is 1. The van der Waals surface area contributed by atoms with Crippen molar-refractivity contribution < 1.29 is 24.4 Å². The molecule has 8 nitrogen and oxygen atoms in total. The molecule has 0 atom stereocenters. The molecule has 2 N–H and O–H groups in total. The Morgan fingerprint density at radius 1 is 1.21 bits per heavy atom. The third kappa shape index (κ3) is 3.86. The van der Waals surface area contributed by atoms with E-state index in [1.165, 1.54) is 36.4 Å². The van der Waals surface area contributed by atoms with Crippen LogP contribution in [0.1, 0.15) is 27.6 Å². The smallest absolute Gasteiger partial charge is 0.335 e. The number of nitro groups is 1. The van der Waals surface area contributed by atoms with E-state index in [9.17, 15) is 19.7 Å². The Balaban J connectivity index is 2.26. The summed E-state index contributed by atoms with van der Waals surface area (Å²) in [5.41, 5.74) is 0.0385. The predicted molar refractivity (Wildman–Crippen MR) is 85.6 cm³/mol. The zero-order valence-corrected chi connectivity index (χ0v) is 12.7. The molecule has 0 aromatic heterocycles. The Bertz CT molecular complexity index is 803. The standard InChI is InChI=1S/C16H14N2O6/c1-2-24-14-7-6-10(9-13(14)18(22)23)15(19)17-12-5-3-4-11(8-12)16(20)21/h3-9H,2H2,1H3,(H,17,19)(H,20,21). The number of hydrogen-bond donors (Lipinski definition) is 2. The third-order valence-electron chi connectivity index (χ3n) is 3.09. The molecule has 0 aliphatic rings. The molecule has 0 aliphatic carbocycles. The van der Waals surface area contributed by atoms with Gasteiger partial charge in [0.25, 0.3) is 5.91 Å². The van der Waals surface area contributed by atoms with E-state index in [1.54, 1.807) is 6.92 Å². The summed E-state index contributed by atoms with van der Waals surface area (Å²) < 4.78 is 5.15. The lowest BCUT2D eigenvalue weighted by atomic mass is 10.1. The van der Waals surface area contributed by atoms with E-state index in [-0.39, 0.29) is 34.9 Å². The van der Waals surface area contributed by atoms with E-state index >= 15 is 0 Å². The fourth-order valence-corrected chi connectivity index (χ4v) is 2.01. The van der Waals surface area contributed by atoms with Crippen LogP contribution in [0.15, 0.2) is 42.5 Å². The first-order valence-electron chi connectivity index (χ1n) is 6.98. The van der Waals surface area contributed by atoms with Crippen molar-refractivity contribution in [2.24, 2.45) is 0 Å². The number of benzene rings is 2. The number of carbonyl (C=O) groups is 2. The second-order valence-corrected chi connectivity index (χ2v) is 4.71. The van der Waals surface area contributed by atoms with E-state index in [0.29, 0.717) is 0 Å². The van der Waals surface area contributed by atoms with Crippen LogP contribution in [0, 0.1) is 10.1 Å². The summed E-state index contributed by atoms with van der Waals surface area (Å²) in [7, 11) is 0. The van der Waals surface area contributed by atoms with Crippen molar-refractivity contribution >= 4 is 23.3 Å². The van der Waals surface area contributed by atoms with E-state index in [2.05, 4.69) is 5.32 Å². The van der Waals surface area contributed by atoms with E-state index in [1.807, 2.05) is 0 Å². The summed E-state index contributed by atoms with van der Waals surface area (Å²) in [5, 5.41) is 22.5. The molecular formula is C16H14N2O6. The first kappa shape index (κ1) is 16.9. The molecule has 24 heavy (non-hydrogen) atoms. The lowest BCUT2D eigenvalue weighted by Gasteiger charge is -2.08. The second-order valence-electron chi connectivity index (χ2n) is 4.71. The minimum Gasteiger partial charge on any atom is -0.487 e. The van der Waals surface area contributed by atoms with Gasteiger partial charge in [-0.1, -0.05) is 6.07 Å². The molecule has 0 aliphatic heterocycles. The SMILES string of the molecule is CCOc1ccc(C(=O)Nc2cccc(C(=O)O)c2)cc1[N+](=O)[O-]. The van der Waals surface area contributed by atoms with Crippen molar-refractivity contribution in [2.75, 3.05) is 11.9 Å². The number of nitrogens with one attached hydrogen (secondary N) is 1. The summed E-state index contributed by atoms with van der Waals surface area (Å²) in [4.78, 5) is 33.6. The number of rotatable bonds is 6. The van der Waals surface area contributed by atoms with Crippen LogP contribution >= 0.6 is 0 Å². The van der Waals surface area contributed by atoms with Gasteiger partial charge in [0.15, 0.2) is 5.75 Å². The van der Waals surface area contributed by atoms with Gasteiger partial charge in [-0.3, -0.25) is 14.9 Å². The number of carbonyl (C=O) groups excluding carboxylic acids is 1. The normalized spacial score (nSPS) is 10.0. The van der Waals surface area contributed by atoms with Gasteiger partial charge in [-0.15, -0.1) is 0 Å². The van der Waals surface area contributed by atoms with Crippen molar-refractivity contribution in [1.82, 2.24) is 0 Å². The summed E-state index contributed by atoms with van der Waals surface area (Å²) in [5.74, 6) is -1.64. The van der Waals surface area contributed by atoms with Crippen LogP contribution in [-0.2, 0) is 0 Å². The molecule has 0 bridgehead atoms. The summed E-state index contributed by atoms with van der Waals surface area (Å²) in [6, 6.07) is 9.55. The minimum atomic E-state index is -1.12. The topological polar surface area (TPSA) is 119 Å². The molecule has 2 aromatic carbocycles. The van der Waals surface area contributed by atoms with Crippen LogP contribution in [0.2, 0.25) is 0 Å². The van der Waals surface area contributed by atoms with Gasteiger partial charge in [-0.2, -0.15) is 0 Å². The van der Waals surface area contributed by atoms with E-state index in [4.69, 9.17) is 9.84 Å². The number of amides is 1. The largest absolute Gasteiger partial charge is 0.487 e. The van der Waals surface area contributed by atoms with E-state index < -0.39 is 16.8 Å². The number of ether oxygens (including phenoxy) is 1. The summed E-state index contributed by atoms with van der Waals surface area (Å²) in [6.45, 7) is 1.95. The van der Waals surface area contributed by atoms with Gasteiger partial charge in [0.2, 0.25) is 0 Å². The zero-order chi connectivity index (χ0) is 17.7. The van der Waals surface area contributed by atoms with Crippen molar-refractivity contribution in [3.05, 3.63) is 63.7 Å². The van der Waals surface area contributed by atoms with Crippen molar-refractivity contribution in [2.45, 2.75) is 6.92 Å². The Morgan fingerprint density at radius 3 is 2.58 bits per heavy atom. The first-order valence-corrected chi connectivity index (χ1v) is 6.98. The predicted octanol–water partition coefficient (Wildman–Crippen LogP) is 2.94. The molecule has 0 saturated carbocycles. The number of anilines is 1. The molecule has 0 unspecified atom stereocenters. The number of carboxylic acid groups (broad SMARTS) is 1. The molecule has 0 fully saturated rings. The highest BCUT2D eigenvalue weighted by Gasteiger charge is 2.19. The Morgan fingerprint density at radius 2 is 1.96 bits per heavy atom. The Hall–Kier alpha value is -3.42. The van der Waals surface area contributed by atoms with Crippen LogP contribution in [-0.4, -0.2) is 28.5 Å². The number of hydrogen-bond acceptors (Lipinski definition) is 5. The Kier molecular flexibility index (Phi) is 5.10. The molecule has 1 amide bonds. The maximum Gasteiger partial charge on any atom is 0.335 e. The molecule has 0 radical (unpaired) electrons. The maximum absolute atomic E-state index is 12.2. The maximum atomic E-state index is 12.2. The molecule has 2 aromatic rings. The molecular weight excluding hydrogens is 316 g/mol. The lowest BCUT2D eigenvalue weighted by Crippen LogP contribution is -2.13. The van der Waals surface area contributed by atoms with Crippen LogP contribution in [0.4, 0.5) is 11.4 Å². The monoisotopic (exact) mass is 330 g/mol. The van der Waals surface area contributed by atoms with Crippen LogP contribution < -0.4 is 10.1 Å². The highest BCUT2D eigenvalue weighted by Crippen LogP contribution is 2.28. The second kappa shape index (κ2) is 7.23. The number of nitrogens with zero attached hydrogens (tertiary/aromatic N) is 1. The van der Waals surface area contributed by atoms with Gasteiger partial charge in [-0.05, 0) is 37.3 Å². The molecule has 124 valence electrons. The van der Waals surface area contributed by atoms with Gasteiger partial charge in [0.05, 0.1) is 17.1 Å². The highest BCUT2D eigenvalue weighted by molar-refractivity contribution is 6.05. The van der Waals surface area contributed by atoms with Crippen molar-refractivity contribution in [1.29, 1.82) is 0 Å². The van der Waals surface area contributed by atoms with Gasteiger partial charge >= 0.3 is 11.7 Å². The Labute approximate surface area is 136 Å². The zero-order valence-electron chi connectivity index (χ0n) is 12.7. The lowest BCUT2D eigenvalue weighted by molar-refractivity contribution is -0.385. The fraction of sp³-hybridized carbons (Fsp3) is 0.125. The van der Waals surface area contributed by atoms with Crippen molar-refractivity contribution in [3.8, 4) is 5.75 Å². The van der Waals surface area contributed by atoms with Crippen molar-refractivity contribution in [3.63, 3.8) is 0 Å². The molecule has 2 rings (SSSR count). The average molecular weight is 330 g/mol.